The van der Waals surface area contributed by atoms with Crippen molar-refractivity contribution in [2.24, 2.45) is 13.0 Å². The highest BCUT2D eigenvalue weighted by Crippen LogP contribution is 2.36. The Morgan fingerprint density at radius 2 is 1.67 bits per heavy atom. The highest BCUT2D eigenvalue weighted by atomic mass is 35.5. The largest absolute Gasteiger partial charge is 0.497 e. The number of carbonyl (C=O) groups is 1. The number of nitrogens with zero attached hydrogens (tertiary/aromatic N) is 3. The molecule has 1 saturated carbocycles. The minimum atomic E-state index is -0.0307. The molecule has 0 radical (unpaired) electrons. The lowest BCUT2D eigenvalue weighted by atomic mass is 10.1. The lowest BCUT2D eigenvalue weighted by molar-refractivity contribution is 0.0734. The van der Waals surface area contributed by atoms with E-state index in [2.05, 4.69) is 0 Å². The fraction of sp³-hybridized carbons (Fsp3) is 0.241. The molecule has 0 saturated heterocycles. The molecule has 1 fully saturated rings. The monoisotopic (exact) mass is 501 g/mol. The minimum absolute atomic E-state index is 0.0307. The molecule has 0 aliphatic heterocycles. The predicted molar refractivity (Wildman–Crippen MR) is 141 cm³/mol. The number of methoxy groups -OCH3 is 1. The van der Waals surface area contributed by atoms with Gasteiger partial charge in [-0.15, -0.1) is 0 Å². The molecule has 0 N–H and O–H groups in total. The molecular formula is C29H28ClN3O3. The third-order valence-corrected chi connectivity index (χ3v) is 6.56. The van der Waals surface area contributed by atoms with E-state index in [1.807, 2.05) is 66.5 Å². The molecule has 1 heterocycles. The molecule has 0 unspecified atom stereocenters. The van der Waals surface area contributed by atoms with Crippen LogP contribution in [0, 0.1) is 5.92 Å². The van der Waals surface area contributed by atoms with E-state index in [9.17, 15) is 4.79 Å². The number of rotatable bonds is 9. The molecule has 7 heteroatoms. The first-order valence-corrected chi connectivity index (χ1v) is 12.4. The topological polar surface area (TPSA) is 56.6 Å². The second-order valence-corrected chi connectivity index (χ2v) is 9.47. The number of hydrogen-bond donors (Lipinski definition) is 0. The first-order chi connectivity index (χ1) is 17.5. The summed E-state index contributed by atoms with van der Waals surface area (Å²) in [4.78, 5) is 15.5. The van der Waals surface area contributed by atoms with Gasteiger partial charge < -0.3 is 14.4 Å². The Morgan fingerprint density at radius 3 is 2.31 bits per heavy atom. The van der Waals surface area contributed by atoms with Crippen molar-refractivity contribution in [2.75, 3.05) is 13.7 Å². The molecule has 1 aliphatic rings. The Hall–Kier alpha value is -3.77. The Kier molecular flexibility index (Phi) is 6.96. The van der Waals surface area contributed by atoms with E-state index in [1.54, 1.807) is 36.1 Å². The van der Waals surface area contributed by atoms with Crippen LogP contribution in [0.3, 0.4) is 0 Å². The van der Waals surface area contributed by atoms with Crippen LogP contribution in [0.25, 0.3) is 11.3 Å². The van der Waals surface area contributed by atoms with E-state index in [0.29, 0.717) is 41.2 Å². The zero-order chi connectivity index (χ0) is 25.1. The Morgan fingerprint density at radius 1 is 1.00 bits per heavy atom. The third kappa shape index (κ3) is 5.39. The molecule has 1 aliphatic carbocycles. The molecule has 5 rings (SSSR count). The Bertz CT molecular complexity index is 1330. The van der Waals surface area contributed by atoms with Crippen LogP contribution in [0.4, 0.5) is 0 Å². The zero-order valence-electron chi connectivity index (χ0n) is 20.4. The van der Waals surface area contributed by atoms with Crippen LogP contribution in [-0.2, 0) is 13.6 Å². The van der Waals surface area contributed by atoms with Crippen LogP contribution < -0.4 is 9.47 Å². The van der Waals surface area contributed by atoms with Crippen molar-refractivity contribution in [2.45, 2.75) is 19.4 Å². The van der Waals surface area contributed by atoms with Gasteiger partial charge in [-0.3, -0.25) is 4.79 Å². The average Bonchev–Trinajstić information content (AvgIpc) is 3.68. The number of aromatic nitrogens is 2. The molecule has 4 aromatic rings. The highest BCUT2D eigenvalue weighted by Gasteiger charge is 2.30. The van der Waals surface area contributed by atoms with Gasteiger partial charge in [0.25, 0.3) is 5.91 Å². The first-order valence-electron chi connectivity index (χ1n) is 12.0. The van der Waals surface area contributed by atoms with E-state index >= 15 is 0 Å². The molecule has 6 nitrogen and oxygen atoms in total. The van der Waals surface area contributed by atoms with Crippen molar-refractivity contribution < 1.29 is 14.3 Å². The van der Waals surface area contributed by atoms with Gasteiger partial charge in [0.15, 0.2) is 0 Å². The van der Waals surface area contributed by atoms with E-state index < -0.39 is 0 Å². The number of ether oxygens (including phenoxy) is 2. The van der Waals surface area contributed by atoms with Gasteiger partial charge in [-0.25, -0.2) is 4.68 Å². The average molecular weight is 502 g/mol. The fourth-order valence-electron chi connectivity index (χ4n) is 4.20. The zero-order valence-corrected chi connectivity index (χ0v) is 21.1. The van der Waals surface area contributed by atoms with Gasteiger partial charge in [-0.2, -0.15) is 5.10 Å². The highest BCUT2D eigenvalue weighted by molar-refractivity contribution is 6.30. The standard InChI is InChI=1S/C29H28ClN3O3/c1-32-29(36-25-16-14-24(35-2)15-17-25)26(27(31-32)21-6-4-3-5-7-21)19-33(18-20-8-9-20)28(34)22-10-12-23(30)13-11-22/h3-7,10-17,20H,8-9,18-19H2,1-2H3. The fourth-order valence-corrected chi connectivity index (χ4v) is 4.33. The number of amides is 1. The van der Waals surface area contributed by atoms with Crippen LogP contribution in [0.1, 0.15) is 28.8 Å². The van der Waals surface area contributed by atoms with Gasteiger partial charge in [0.1, 0.15) is 17.2 Å². The first kappa shape index (κ1) is 23.9. The molecule has 184 valence electrons. The molecule has 3 aromatic carbocycles. The van der Waals surface area contributed by atoms with Crippen LogP contribution in [0.15, 0.2) is 78.9 Å². The van der Waals surface area contributed by atoms with Gasteiger partial charge in [0.05, 0.1) is 19.2 Å². The lowest BCUT2D eigenvalue weighted by Crippen LogP contribution is -2.32. The van der Waals surface area contributed by atoms with Gasteiger partial charge in [0, 0.05) is 29.7 Å². The van der Waals surface area contributed by atoms with Gasteiger partial charge in [0.2, 0.25) is 5.88 Å². The molecule has 0 spiro atoms. The van der Waals surface area contributed by atoms with Crippen molar-refractivity contribution >= 4 is 17.5 Å². The van der Waals surface area contributed by atoms with E-state index in [-0.39, 0.29) is 5.91 Å². The van der Waals surface area contributed by atoms with Crippen LogP contribution in [0.2, 0.25) is 5.02 Å². The minimum Gasteiger partial charge on any atom is -0.497 e. The number of halogens is 1. The van der Waals surface area contributed by atoms with E-state index in [1.165, 1.54) is 0 Å². The summed E-state index contributed by atoms with van der Waals surface area (Å²) in [6.45, 7) is 1.06. The third-order valence-electron chi connectivity index (χ3n) is 6.31. The molecular weight excluding hydrogens is 474 g/mol. The maximum atomic E-state index is 13.6. The molecule has 0 bridgehead atoms. The van der Waals surface area contributed by atoms with Crippen molar-refractivity contribution in [3.63, 3.8) is 0 Å². The second kappa shape index (κ2) is 10.5. The van der Waals surface area contributed by atoms with E-state index in [4.69, 9.17) is 26.2 Å². The van der Waals surface area contributed by atoms with Gasteiger partial charge in [-0.1, -0.05) is 41.9 Å². The smallest absolute Gasteiger partial charge is 0.254 e. The van der Waals surface area contributed by atoms with Crippen molar-refractivity contribution in [3.05, 3.63) is 95.0 Å². The van der Waals surface area contributed by atoms with Crippen molar-refractivity contribution in [1.82, 2.24) is 14.7 Å². The summed E-state index contributed by atoms with van der Waals surface area (Å²) >= 11 is 6.07. The molecule has 36 heavy (non-hydrogen) atoms. The summed E-state index contributed by atoms with van der Waals surface area (Å²) in [5, 5.41) is 5.42. The molecule has 1 aromatic heterocycles. The summed E-state index contributed by atoms with van der Waals surface area (Å²) in [6, 6.07) is 24.5. The van der Waals surface area contributed by atoms with Crippen molar-refractivity contribution in [3.8, 4) is 28.6 Å². The van der Waals surface area contributed by atoms with Crippen LogP contribution >= 0.6 is 11.6 Å². The summed E-state index contributed by atoms with van der Waals surface area (Å²) < 4.78 is 13.4. The Balaban J connectivity index is 1.53. The number of benzene rings is 3. The van der Waals surface area contributed by atoms with Crippen molar-refractivity contribution in [1.29, 1.82) is 0 Å². The normalized spacial score (nSPS) is 12.9. The lowest BCUT2D eigenvalue weighted by Gasteiger charge is -2.23. The molecule has 1 amide bonds. The number of aryl methyl sites for hydroxylation is 1. The predicted octanol–water partition coefficient (Wildman–Crippen LogP) is 6.59. The number of hydrogen-bond acceptors (Lipinski definition) is 4. The molecule has 0 atom stereocenters. The van der Waals surface area contributed by atoms with Crippen LogP contribution in [0.5, 0.6) is 17.4 Å². The van der Waals surface area contributed by atoms with Gasteiger partial charge in [-0.05, 0) is 67.3 Å². The number of carbonyl (C=O) groups excluding carboxylic acids is 1. The summed E-state index contributed by atoms with van der Waals surface area (Å²) in [5.74, 6) is 2.50. The summed E-state index contributed by atoms with van der Waals surface area (Å²) in [6.07, 6.45) is 2.27. The van der Waals surface area contributed by atoms with Crippen LogP contribution in [-0.4, -0.2) is 34.2 Å². The van der Waals surface area contributed by atoms with E-state index in [0.717, 1.165) is 35.4 Å². The summed E-state index contributed by atoms with van der Waals surface area (Å²) in [5.41, 5.74) is 3.25. The van der Waals surface area contributed by atoms with Gasteiger partial charge >= 0.3 is 0 Å². The second-order valence-electron chi connectivity index (χ2n) is 9.04. The Labute approximate surface area is 216 Å². The SMILES string of the molecule is COc1ccc(Oc2c(CN(CC3CC3)C(=O)c3ccc(Cl)cc3)c(-c3ccccc3)nn2C)cc1. The quantitative estimate of drug-likeness (QED) is 0.259. The maximum absolute atomic E-state index is 13.6. The maximum Gasteiger partial charge on any atom is 0.254 e. The summed E-state index contributed by atoms with van der Waals surface area (Å²) in [7, 11) is 3.49.